The molecule has 6 heteroatoms. The quantitative estimate of drug-likeness (QED) is 0.891. The van der Waals surface area contributed by atoms with Gasteiger partial charge in [0.05, 0.1) is 11.3 Å². The van der Waals surface area contributed by atoms with Crippen LogP contribution in [0.4, 0.5) is 5.69 Å². The maximum absolute atomic E-state index is 11.5. The molecule has 0 atom stereocenters. The first-order valence-corrected chi connectivity index (χ1v) is 6.66. The lowest BCUT2D eigenvalue weighted by atomic mass is 9.89. The van der Waals surface area contributed by atoms with E-state index in [1.807, 2.05) is 0 Å². The molecule has 1 aromatic carbocycles. The molecule has 19 heavy (non-hydrogen) atoms. The van der Waals surface area contributed by atoms with Crippen molar-refractivity contribution in [3.05, 3.63) is 28.2 Å². The first-order chi connectivity index (χ1) is 9.07. The molecule has 0 bridgehead atoms. The van der Waals surface area contributed by atoms with Gasteiger partial charge in [-0.3, -0.25) is 0 Å². The molecule has 0 saturated carbocycles. The SMILES string of the molecule is N#Cc1cc(Br)ccc1NC1(C(=O)O)CCOCC1. The van der Waals surface area contributed by atoms with Crippen LogP contribution in [0.2, 0.25) is 0 Å². The molecule has 1 saturated heterocycles. The number of hydrogen-bond acceptors (Lipinski definition) is 4. The van der Waals surface area contributed by atoms with Crippen LogP contribution in [0.15, 0.2) is 22.7 Å². The van der Waals surface area contributed by atoms with Crippen LogP contribution in [0.25, 0.3) is 0 Å². The number of carbonyl (C=O) groups is 1. The summed E-state index contributed by atoms with van der Waals surface area (Å²) < 4.78 is 6.00. The van der Waals surface area contributed by atoms with Crippen molar-refractivity contribution in [1.29, 1.82) is 5.26 Å². The van der Waals surface area contributed by atoms with Crippen molar-refractivity contribution in [2.45, 2.75) is 18.4 Å². The molecule has 1 fully saturated rings. The van der Waals surface area contributed by atoms with E-state index < -0.39 is 11.5 Å². The second-order valence-electron chi connectivity index (χ2n) is 4.43. The van der Waals surface area contributed by atoms with Gasteiger partial charge in [0.2, 0.25) is 0 Å². The molecule has 0 spiro atoms. The van der Waals surface area contributed by atoms with Crippen LogP contribution in [0.1, 0.15) is 18.4 Å². The second-order valence-corrected chi connectivity index (χ2v) is 5.34. The summed E-state index contributed by atoms with van der Waals surface area (Å²) in [7, 11) is 0. The maximum Gasteiger partial charge on any atom is 0.329 e. The Morgan fingerprint density at radius 2 is 2.16 bits per heavy atom. The van der Waals surface area contributed by atoms with Crippen LogP contribution in [0.3, 0.4) is 0 Å². The Morgan fingerprint density at radius 1 is 1.47 bits per heavy atom. The van der Waals surface area contributed by atoms with Crippen LogP contribution in [-0.2, 0) is 9.53 Å². The Morgan fingerprint density at radius 3 is 2.74 bits per heavy atom. The van der Waals surface area contributed by atoms with Gasteiger partial charge in [0.25, 0.3) is 0 Å². The number of anilines is 1. The van der Waals surface area contributed by atoms with Crippen molar-refractivity contribution >= 4 is 27.6 Å². The number of nitrogens with zero attached hydrogens (tertiary/aromatic N) is 1. The van der Waals surface area contributed by atoms with Crippen molar-refractivity contribution in [2.75, 3.05) is 18.5 Å². The van der Waals surface area contributed by atoms with Crippen molar-refractivity contribution in [1.82, 2.24) is 0 Å². The number of hydrogen-bond donors (Lipinski definition) is 2. The Labute approximate surface area is 119 Å². The fourth-order valence-electron chi connectivity index (χ4n) is 2.09. The molecule has 0 unspecified atom stereocenters. The molecule has 100 valence electrons. The van der Waals surface area contributed by atoms with Gasteiger partial charge < -0.3 is 15.2 Å². The molecule has 1 aromatic rings. The highest BCUT2D eigenvalue weighted by Gasteiger charge is 2.40. The molecular weight excluding hydrogens is 312 g/mol. The summed E-state index contributed by atoms with van der Waals surface area (Å²) in [6, 6.07) is 7.22. The summed E-state index contributed by atoms with van der Waals surface area (Å²) in [4.78, 5) is 11.5. The van der Waals surface area contributed by atoms with Gasteiger partial charge in [-0.25, -0.2) is 4.79 Å². The molecule has 0 aliphatic carbocycles. The van der Waals surface area contributed by atoms with Crippen LogP contribution in [0, 0.1) is 11.3 Å². The standard InChI is InChI=1S/C13H13BrN2O3/c14-10-1-2-11(9(7-10)8-15)16-13(12(17)18)3-5-19-6-4-13/h1-2,7,16H,3-6H2,(H,17,18). The molecule has 2 N–H and O–H groups in total. The summed E-state index contributed by atoms with van der Waals surface area (Å²) in [5.74, 6) is -0.914. The van der Waals surface area contributed by atoms with Gasteiger partial charge in [-0.05, 0) is 18.2 Å². The highest BCUT2D eigenvalue weighted by atomic mass is 79.9. The van der Waals surface area contributed by atoms with E-state index in [0.29, 0.717) is 37.3 Å². The number of carboxylic acid groups (broad SMARTS) is 1. The smallest absolute Gasteiger partial charge is 0.329 e. The Hall–Kier alpha value is -1.58. The highest BCUT2D eigenvalue weighted by molar-refractivity contribution is 9.10. The van der Waals surface area contributed by atoms with Gasteiger partial charge in [0.1, 0.15) is 11.6 Å². The number of aliphatic carboxylic acids is 1. The predicted molar refractivity (Wildman–Crippen MR) is 72.9 cm³/mol. The average Bonchev–Trinajstić information content (AvgIpc) is 2.41. The number of nitriles is 1. The van der Waals surface area contributed by atoms with E-state index in [9.17, 15) is 9.90 Å². The number of ether oxygens (including phenoxy) is 1. The Kier molecular flexibility index (Phi) is 4.08. The normalized spacial score (nSPS) is 17.5. The van der Waals surface area contributed by atoms with Crippen molar-refractivity contribution in [2.24, 2.45) is 0 Å². The van der Waals surface area contributed by atoms with E-state index >= 15 is 0 Å². The van der Waals surface area contributed by atoms with Gasteiger partial charge in [-0.1, -0.05) is 15.9 Å². The summed E-state index contributed by atoms with van der Waals surface area (Å²) in [5, 5.41) is 21.6. The van der Waals surface area contributed by atoms with E-state index in [1.54, 1.807) is 18.2 Å². The number of nitrogens with one attached hydrogen (secondary N) is 1. The monoisotopic (exact) mass is 324 g/mol. The minimum atomic E-state index is -1.06. The third-order valence-electron chi connectivity index (χ3n) is 3.23. The number of rotatable bonds is 3. The van der Waals surface area contributed by atoms with Crippen LogP contribution < -0.4 is 5.32 Å². The van der Waals surface area contributed by atoms with Gasteiger partial charge in [-0.2, -0.15) is 5.26 Å². The number of halogens is 1. The lowest BCUT2D eigenvalue weighted by Crippen LogP contribution is -2.50. The minimum absolute atomic E-state index is 0.378. The second kappa shape index (κ2) is 5.59. The summed E-state index contributed by atoms with van der Waals surface area (Å²) in [5.41, 5.74) is -0.103. The summed E-state index contributed by atoms with van der Waals surface area (Å²) in [6.45, 7) is 0.801. The van der Waals surface area contributed by atoms with E-state index in [-0.39, 0.29) is 0 Å². The minimum Gasteiger partial charge on any atom is -0.480 e. The van der Waals surface area contributed by atoms with Crippen LogP contribution >= 0.6 is 15.9 Å². The van der Waals surface area contributed by atoms with Crippen molar-refractivity contribution in [3.8, 4) is 6.07 Å². The third-order valence-corrected chi connectivity index (χ3v) is 3.73. The van der Waals surface area contributed by atoms with Crippen molar-refractivity contribution < 1.29 is 14.6 Å². The zero-order valence-electron chi connectivity index (χ0n) is 10.1. The molecule has 5 nitrogen and oxygen atoms in total. The predicted octanol–water partition coefficient (Wildman–Crippen LogP) is 2.37. The highest BCUT2D eigenvalue weighted by Crippen LogP contribution is 2.29. The molecule has 1 aliphatic rings. The molecule has 0 amide bonds. The molecule has 1 heterocycles. The number of carboxylic acids is 1. The van der Waals surface area contributed by atoms with E-state index in [0.717, 1.165) is 4.47 Å². The lowest BCUT2D eigenvalue weighted by molar-refractivity contribution is -0.145. The average molecular weight is 325 g/mol. The van der Waals surface area contributed by atoms with Crippen LogP contribution in [-0.4, -0.2) is 29.8 Å². The van der Waals surface area contributed by atoms with E-state index in [2.05, 4.69) is 27.3 Å². The third kappa shape index (κ3) is 2.88. The van der Waals surface area contributed by atoms with E-state index in [1.165, 1.54) is 0 Å². The van der Waals surface area contributed by atoms with E-state index in [4.69, 9.17) is 10.00 Å². The summed E-state index contributed by atoms with van der Waals surface area (Å²) in [6.07, 6.45) is 0.756. The molecular formula is C13H13BrN2O3. The Balaban J connectivity index is 2.32. The summed E-state index contributed by atoms with van der Waals surface area (Å²) >= 11 is 3.29. The maximum atomic E-state index is 11.5. The first kappa shape index (κ1) is 13.8. The number of benzene rings is 1. The first-order valence-electron chi connectivity index (χ1n) is 5.86. The lowest BCUT2D eigenvalue weighted by Gasteiger charge is -2.35. The molecule has 0 radical (unpaired) electrons. The zero-order valence-corrected chi connectivity index (χ0v) is 11.7. The van der Waals surface area contributed by atoms with Gasteiger partial charge >= 0.3 is 5.97 Å². The van der Waals surface area contributed by atoms with Gasteiger partial charge in [-0.15, -0.1) is 0 Å². The van der Waals surface area contributed by atoms with Crippen LogP contribution in [0.5, 0.6) is 0 Å². The topological polar surface area (TPSA) is 82.4 Å². The zero-order chi connectivity index (χ0) is 13.9. The fraction of sp³-hybridized carbons (Fsp3) is 0.385. The molecule has 1 aliphatic heterocycles. The fourth-order valence-corrected chi connectivity index (χ4v) is 2.45. The Bertz CT molecular complexity index is 533. The molecule has 2 rings (SSSR count). The van der Waals surface area contributed by atoms with Crippen molar-refractivity contribution in [3.63, 3.8) is 0 Å². The molecule has 0 aromatic heterocycles. The largest absolute Gasteiger partial charge is 0.480 e. The van der Waals surface area contributed by atoms with Gasteiger partial charge in [0, 0.05) is 30.5 Å². The van der Waals surface area contributed by atoms with Gasteiger partial charge in [0.15, 0.2) is 0 Å².